The monoisotopic (exact) mass is 223 g/mol. The van der Waals surface area contributed by atoms with Crippen LogP contribution in [-0.4, -0.2) is 29.7 Å². The fourth-order valence-corrected chi connectivity index (χ4v) is 0.988. The molecule has 1 aromatic rings. The number of carbonyl (C=O) groups excluding carboxylic acids is 1. The molecule has 88 valence electrons. The Labute approximate surface area is 94.9 Å². The number of nitrogens with one attached hydrogen (secondary N) is 2. The van der Waals surface area contributed by atoms with E-state index in [9.17, 15) is 4.79 Å². The second-order valence-corrected chi connectivity index (χ2v) is 4.18. The number of hydrogen-bond donors (Lipinski definition) is 3. The number of rotatable bonds is 4. The summed E-state index contributed by atoms with van der Waals surface area (Å²) in [6, 6.07) is 3.52. The minimum absolute atomic E-state index is 0.194. The van der Waals surface area contributed by atoms with Crippen molar-refractivity contribution in [3.05, 3.63) is 18.3 Å². The van der Waals surface area contributed by atoms with Crippen LogP contribution in [0.1, 0.15) is 13.8 Å². The molecule has 0 saturated heterocycles. The molecule has 0 bridgehead atoms. The average molecular weight is 223 g/mol. The Hall–Kier alpha value is -1.62. The van der Waals surface area contributed by atoms with Crippen molar-refractivity contribution in [1.82, 2.24) is 4.98 Å². The SMILES string of the molecule is CNc1ccc(NC(=O)C(C)(C)CO)cn1. The molecular weight excluding hydrogens is 206 g/mol. The lowest BCUT2D eigenvalue weighted by Crippen LogP contribution is -2.33. The smallest absolute Gasteiger partial charge is 0.232 e. The highest BCUT2D eigenvalue weighted by Gasteiger charge is 2.26. The van der Waals surface area contributed by atoms with Crippen LogP contribution in [0.3, 0.4) is 0 Å². The summed E-state index contributed by atoms with van der Waals surface area (Å²) >= 11 is 0. The van der Waals surface area contributed by atoms with Crippen LogP contribution in [0.5, 0.6) is 0 Å². The molecule has 3 N–H and O–H groups in total. The lowest BCUT2D eigenvalue weighted by molar-refractivity contribution is -0.125. The molecule has 5 nitrogen and oxygen atoms in total. The second kappa shape index (κ2) is 4.94. The first-order valence-electron chi connectivity index (χ1n) is 5.06. The quantitative estimate of drug-likeness (QED) is 0.714. The number of aliphatic hydroxyl groups is 1. The van der Waals surface area contributed by atoms with Crippen molar-refractivity contribution >= 4 is 17.4 Å². The summed E-state index contributed by atoms with van der Waals surface area (Å²) in [5.41, 5.74) is -0.174. The Balaban J connectivity index is 2.70. The first-order valence-corrected chi connectivity index (χ1v) is 5.06. The maximum absolute atomic E-state index is 11.7. The van der Waals surface area contributed by atoms with Crippen molar-refractivity contribution in [2.24, 2.45) is 5.41 Å². The molecule has 0 fully saturated rings. The molecule has 0 aliphatic carbocycles. The largest absolute Gasteiger partial charge is 0.395 e. The summed E-state index contributed by atoms with van der Waals surface area (Å²) in [4.78, 5) is 15.8. The fraction of sp³-hybridized carbons (Fsp3) is 0.455. The molecule has 0 radical (unpaired) electrons. The Morgan fingerprint density at radius 2 is 2.19 bits per heavy atom. The highest BCUT2D eigenvalue weighted by molar-refractivity contribution is 5.94. The van der Waals surface area contributed by atoms with Crippen LogP contribution in [0, 0.1) is 5.41 Å². The van der Waals surface area contributed by atoms with Crippen molar-refractivity contribution in [1.29, 1.82) is 0 Å². The third-order valence-electron chi connectivity index (χ3n) is 2.29. The summed E-state index contributed by atoms with van der Waals surface area (Å²) in [5.74, 6) is 0.508. The summed E-state index contributed by atoms with van der Waals surface area (Å²) < 4.78 is 0. The van der Waals surface area contributed by atoms with E-state index in [1.807, 2.05) is 0 Å². The van der Waals surface area contributed by atoms with Gasteiger partial charge in [-0.1, -0.05) is 0 Å². The van der Waals surface area contributed by atoms with Crippen molar-refractivity contribution < 1.29 is 9.90 Å². The van der Waals surface area contributed by atoms with Gasteiger partial charge in [0.2, 0.25) is 5.91 Å². The molecule has 0 saturated carbocycles. The number of carbonyl (C=O) groups is 1. The summed E-state index contributed by atoms with van der Waals surface area (Å²) in [5, 5.41) is 14.6. The van der Waals surface area contributed by atoms with Crippen LogP contribution in [-0.2, 0) is 4.79 Å². The number of aromatic nitrogens is 1. The summed E-state index contributed by atoms with van der Waals surface area (Å²) in [6.45, 7) is 3.16. The molecular formula is C11H17N3O2. The molecule has 0 unspecified atom stereocenters. The van der Waals surface area contributed by atoms with Gasteiger partial charge in [-0.05, 0) is 26.0 Å². The van der Waals surface area contributed by atoms with E-state index in [0.29, 0.717) is 5.69 Å². The van der Waals surface area contributed by atoms with Crippen LogP contribution in [0.4, 0.5) is 11.5 Å². The van der Waals surface area contributed by atoms with Crippen molar-refractivity contribution in [3.8, 4) is 0 Å². The van der Waals surface area contributed by atoms with E-state index in [4.69, 9.17) is 5.11 Å². The summed E-state index contributed by atoms with van der Waals surface area (Å²) in [7, 11) is 1.77. The Kier molecular flexibility index (Phi) is 3.84. The third-order valence-corrected chi connectivity index (χ3v) is 2.29. The first-order chi connectivity index (χ1) is 7.49. The molecule has 16 heavy (non-hydrogen) atoms. The van der Waals surface area contributed by atoms with Gasteiger partial charge in [0.05, 0.1) is 23.9 Å². The highest BCUT2D eigenvalue weighted by Crippen LogP contribution is 2.17. The Morgan fingerprint density at radius 1 is 1.50 bits per heavy atom. The van der Waals surface area contributed by atoms with Gasteiger partial charge in [0.1, 0.15) is 5.82 Å². The number of anilines is 2. The molecule has 1 rings (SSSR count). The fourth-order valence-electron chi connectivity index (χ4n) is 0.988. The second-order valence-electron chi connectivity index (χ2n) is 4.18. The minimum atomic E-state index is -0.790. The van der Waals surface area contributed by atoms with Crippen LogP contribution >= 0.6 is 0 Å². The van der Waals surface area contributed by atoms with Gasteiger partial charge in [-0.15, -0.1) is 0 Å². The molecule has 0 aromatic carbocycles. The van der Waals surface area contributed by atoms with E-state index in [1.165, 1.54) is 0 Å². The number of nitrogens with zero attached hydrogens (tertiary/aromatic N) is 1. The zero-order valence-corrected chi connectivity index (χ0v) is 9.74. The topological polar surface area (TPSA) is 74.2 Å². The van der Waals surface area contributed by atoms with Gasteiger partial charge in [-0.2, -0.15) is 0 Å². The first kappa shape index (κ1) is 12.4. The van der Waals surface area contributed by atoms with Gasteiger partial charge in [0.25, 0.3) is 0 Å². The van der Waals surface area contributed by atoms with E-state index >= 15 is 0 Å². The standard InChI is InChI=1S/C11H17N3O2/c1-11(2,7-15)10(16)14-8-4-5-9(12-3)13-6-8/h4-6,15H,7H2,1-3H3,(H,12,13)(H,14,16). The maximum Gasteiger partial charge on any atom is 0.232 e. The van der Waals surface area contributed by atoms with Crippen molar-refractivity contribution in [3.63, 3.8) is 0 Å². The Morgan fingerprint density at radius 3 is 2.62 bits per heavy atom. The number of amides is 1. The van der Waals surface area contributed by atoms with Gasteiger partial charge in [-0.3, -0.25) is 4.79 Å². The zero-order valence-electron chi connectivity index (χ0n) is 9.74. The van der Waals surface area contributed by atoms with Gasteiger partial charge in [0.15, 0.2) is 0 Å². The van der Waals surface area contributed by atoms with Gasteiger partial charge < -0.3 is 15.7 Å². The van der Waals surface area contributed by atoms with Gasteiger partial charge >= 0.3 is 0 Å². The van der Waals surface area contributed by atoms with E-state index in [-0.39, 0.29) is 12.5 Å². The number of hydrogen-bond acceptors (Lipinski definition) is 4. The molecule has 1 amide bonds. The lowest BCUT2D eigenvalue weighted by atomic mass is 9.94. The van der Waals surface area contributed by atoms with Gasteiger partial charge in [-0.25, -0.2) is 4.98 Å². The molecule has 1 aromatic heterocycles. The third kappa shape index (κ3) is 2.93. The van der Waals surface area contributed by atoms with Gasteiger partial charge in [0, 0.05) is 7.05 Å². The number of aliphatic hydroxyl groups excluding tert-OH is 1. The molecule has 1 heterocycles. The van der Waals surface area contributed by atoms with E-state index in [0.717, 1.165) is 5.82 Å². The molecule has 0 atom stereocenters. The van der Waals surface area contributed by atoms with E-state index in [2.05, 4.69) is 15.6 Å². The highest BCUT2D eigenvalue weighted by atomic mass is 16.3. The summed E-state index contributed by atoms with van der Waals surface area (Å²) in [6.07, 6.45) is 1.57. The molecule has 0 aliphatic rings. The zero-order chi connectivity index (χ0) is 12.2. The van der Waals surface area contributed by atoms with Crippen LogP contribution < -0.4 is 10.6 Å². The normalized spacial score (nSPS) is 11.0. The van der Waals surface area contributed by atoms with E-state index in [1.54, 1.807) is 39.2 Å². The van der Waals surface area contributed by atoms with Crippen molar-refractivity contribution in [2.75, 3.05) is 24.3 Å². The predicted molar refractivity (Wildman–Crippen MR) is 63.3 cm³/mol. The lowest BCUT2D eigenvalue weighted by Gasteiger charge is -2.20. The Bertz CT molecular complexity index is 360. The predicted octanol–water partition coefficient (Wildman–Crippen LogP) is 1.08. The molecule has 0 aliphatic heterocycles. The minimum Gasteiger partial charge on any atom is -0.395 e. The molecule has 5 heteroatoms. The van der Waals surface area contributed by atoms with E-state index < -0.39 is 5.41 Å². The van der Waals surface area contributed by atoms with Crippen LogP contribution in [0.25, 0.3) is 0 Å². The average Bonchev–Trinajstić information content (AvgIpc) is 2.30. The maximum atomic E-state index is 11.7. The van der Waals surface area contributed by atoms with Crippen molar-refractivity contribution in [2.45, 2.75) is 13.8 Å². The van der Waals surface area contributed by atoms with Crippen LogP contribution in [0.15, 0.2) is 18.3 Å². The number of pyridine rings is 1. The molecule has 0 spiro atoms. The van der Waals surface area contributed by atoms with Crippen LogP contribution in [0.2, 0.25) is 0 Å².